The summed E-state index contributed by atoms with van der Waals surface area (Å²) in [5.74, 6) is 1.38. The van der Waals surface area contributed by atoms with E-state index in [2.05, 4.69) is 209 Å². The first-order valence-electron chi connectivity index (χ1n) is 54.9. The van der Waals surface area contributed by atoms with E-state index in [-0.39, 0.29) is 18.4 Å². The van der Waals surface area contributed by atoms with Gasteiger partial charge in [0.05, 0.1) is 109 Å². The fourth-order valence-electron chi connectivity index (χ4n) is 24.3. The van der Waals surface area contributed by atoms with E-state index in [1.54, 1.807) is 6.92 Å². The highest BCUT2D eigenvalue weighted by molar-refractivity contribution is 6.14. The number of hydrogen-bond acceptors (Lipinski definition) is 22. The molecule has 2 aliphatic heterocycles. The second kappa shape index (κ2) is 45.3. The average Bonchev–Trinajstić information content (AvgIpc) is 1.56. The topological polar surface area (TPSA) is 360 Å². The number of piperazine rings is 2. The predicted octanol–water partition coefficient (Wildman–Crippen LogP) is 19.8. The molecule has 9 N–H and O–H groups in total. The van der Waals surface area contributed by atoms with Gasteiger partial charge in [0.15, 0.2) is 0 Å². The van der Waals surface area contributed by atoms with Crippen molar-refractivity contribution in [2.45, 2.75) is 195 Å². The van der Waals surface area contributed by atoms with Crippen LogP contribution in [-0.2, 0) is 83.5 Å². The van der Waals surface area contributed by atoms with Crippen molar-refractivity contribution in [1.29, 1.82) is 0 Å². The highest BCUT2D eigenvalue weighted by atomic mass is 16.3. The van der Waals surface area contributed by atoms with Crippen molar-refractivity contribution < 1.29 is 14.7 Å². The molecular formula is C120H139N27O3. The third-order valence-corrected chi connectivity index (χ3v) is 32.4. The van der Waals surface area contributed by atoms with E-state index in [0.29, 0.717) is 34.9 Å². The maximum atomic E-state index is 13.4. The molecule has 0 spiro atoms. The number of nitrogens with one attached hydrogen (secondary N) is 8. The highest BCUT2D eigenvalue weighted by Crippen LogP contribution is 2.45. The first kappa shape index (κ1) is 100. The predicted molar refractivity (Wildman–Crippen MR) is 602 cm³/mol. The van der Waals surface area contributed by atoms with E-state index in [9.17, 15) is 9.59 Å². The number of aromatic amines is 6. The molecule has 5 aliphatic carbocycles. The minimum atomic E-state index is -0.290. The highest BCUT2D eigenvalue weighted by Gasteiger charge is 2.32. The monoisotopic (exact) mass is 2010 g/mol. The third kappa shape index (κ3) is 20.9. The largest absolute Gasteiger partial charge is 0.396 e. The van der Waals surface area contributed by atoms with Crippen molar-refractivity contribution in [2.75, 3.05) is 137 Å². The molecule has 772 valence electrons. The Hall–Kier alpha value is -14.3. The summed E-state index contributed by atoms with van der Waals surface area (Å²) in [6.45, 7) is 23.2. The zero-order chi connectivity index (χ0) is 102. The minimum Gasteiger partial charge on any atom is -0.396 e. The summed E-state index contributed by atoms with van der Waals surface area (Å²) in [4.78, 5) is 83.2. The van der Waals surface area contributed by atoms with Gasteiger partial charge in [-0.15, -0.1) is 0 Å². The second-order valence-corrected chi connectivity index (χ2v) is 42.3. The lowest BCUT2D eigenvalue weighted by Crippen LogP contribution is -2.45. The quantitative estimate of drug-likeness (QED) is 0.0287. The standard InChI is InChI=1S/C27H32N6.C26H31N7O2.C26H31N5.C22H22N4O.C19H23N5/c1-32-13-15-33(16-14-32)12-4-5-20-9-8-19(17-28-20)27-22-7-3-2-6-21(22)26-23-18-29-31-24(23)10-11-25(26)30-27;1-14-21(25(34)27-11-12-33(3)4)15(2)29-23(14)26(35)31-24-17-8-6-5-7-16(17)22-18-13-28-32-19(18)9-10-20(22)30-24;1-3-31(4-2)15-7-8-19-12-11-18(16-27-19)26-21-10-6-5-9-20(21)25-22-17-28-30-23(22)13-14-24(25)29-26;27-11-3-4-15-8-7-14(12-23-15)22-17-6-2-1-5-16(17)21-18-13-24-26-19(18)9-10-20(21)25-22;1-23-8-10-24(11-9-23)19-14-5-3-2-4-13(14)18-15-12-20-22-16(15)6-7-17(18)21-19/h8-11,17-18H,2-7,12-16H2,1H3,(H,29,31);9-10,13,29H,5-8,11-12H2,1-4H3,(H,27,34)(H,28,32)(H,30,31,35);11-14,16-17H,3-10,15H2,1-2H3,(H,28,30);7-10,12-13,27H,1-6,11H2,(H,24,26);6-7,12H,2-5,8-11H2,1H3,(H,20,22). The molecule has 7 aliphatic rings. The molecule has 2 saturated heterocycles. The number of carbonyl (C=O) groups excluding carboxylic acids is 2. The number of nitrogens with zero attached hydrogens (tertiary/aromatic N) is 19. The number of fused-ring (bicyclic) bond motifs is 25. The molecule has 26 rings (SSSR count). The number of likely N-dealkylation sites (N-methyl/N-ethyl adjacent to an activating group) is 3. The van der Waals surface area contributed by atoms with Crippen LogP contribution < -0.4 is 15.5 Å². The molecule has 0 bridgehead atoms. The zero-order valence-electron chi connectivity index (χ0n) is 88.1. The molecule has 5 aromatic carbocycles. The Bertz CT molecular complexity index is 8110. The summed E-state index contributed by atoms with van der Waals surface area (Å²) < 4.78 is 0. The third-order valence-electron chi connectivity index (χ3n) is 32.4. The van der Waals surface area contributed by atoms with E-state index in [1.165, 1.54) is 207 Å². The minimum absolute atomic E-state index is 0.178. The van der Waals surface area contributed by atoms with Crippen LogP contribution in [0.2, 0.25) is 0 Å². The van der Waals surface area contributed by atoms with Gasteiger partial charge in [-0.2, -0.15) is 25.5 Å². The van der Waals surface area contributed by atoms with Gasteiger partial charge in [-0.25, -0.2) is 24.9 Å². The van der Waals surface area contributed by atoms with E-state index in [4.69, 9.17) is 40.0 Å². The Morgan fingerprint density at radius 1 is 0.387 bits per heavy atom. The Morgan fingerprint density at radius 2 is 0.747 bits per heavy atom. The van der Waals surface area contributed by atoms with Crippen molar-refractivity contribution in [2.24, 2.45) is 0 Å². The molecule has 14 aromatic heterocycles. The van der Waals surface area contributed by atoms with Crippen LogP contribution in [0.5, 0.6) is 0 Å². The number of anilines is 2. The maximum absolute atomic E-state index is 13.4. The molecule has 19 aromatic rings. The van der Waals surface area contributed by atoms with Gasteiger partial charge in [0.2, 0.25) is 0 Å². The summed E-state index contributed by atoms with van der Waals surface area (Å²) in [5.41, 5.74) is 36.6. The molecule has 30 heteroatoms. The van der Waals surface area contributed by atoms with Crippen molar-refractivity contribution in [3.63, 3.8) is 0 Å². The molecule has 0 radical (unpaired) electrons. The number of aromatic nitrogens is 19. The van der Waals surface area contributed by atoms with Crippen molar-refractivity contribution in [3.05, 3.63) is 242 Å². The lowest BCUT2D eigenvalue weighted by Gasteiger charge is -2.35. The number of hydrogen-bond donors (Lipinski definition) is 9. The first-order valence-corrected chi connectivity index (χ1v) is 54.9. The number of rotatable bonds is 23. The Labute approximate surface area is 874 Å². The number of aliphatic hydroxyl groups excluding tert-OH is 1. The van der Waals surface area contributed by atoms with Gasteiger partial charge >= 0.3 is 0 Å². The van der Waals surface area contributed by atoms with Gasteiger partial charge in [-0.1, -0.05) is 13.8 Å². The summed E-state index contributed by atoms with van der Waals surface area (Å²) in [7, 11) is 8.33. The molecule has 30 nitrogen and oxygen atoms in total. The lowest BCUT2D eigenvalue weighted by molar-refractivity contribution is 0.0949. The van der Waals surface area contributed by atoms with Crippen LogP contribution in [0.15, 0.2) is 147 Å². The zero-order valence-corrected chi connectivity index (χ0v) is 88.1. The number of H-pyrrole nitrogens is 6. The Morgan fingerprint density at radius 3 is 1.14 bits per heavy atom. The number of aliphatic hydroxyl groups is 1. The summed E-state index contributed by atoms with van der Waals surface area (Å²) in [6, 6.07) is 33.9. The van der Waals surface area contributed by atoms with Crippen molar-refractivity contribution >= 4 is 132 Å². The maximum Gasteiger partial charge on any atom is 0.273 e. The van der Waals surface area contributed by atoms with Crippen LogP contribution in [0.1, 0.15) is 202 Å². The average molecular weight is 2010 g/mol. The van der Waals surface area contributed by atoms with Gasteiger partial charge < -0.3 is 50.1 Å². The Balaban J connectivity index is 0.000000106. The molecule has 2 fully saturated rings. The number of amides is 2. The van der Waals surface area contributed by atoms with E-state index >= 15 is 0 Å². The fraction of sp³-hybridized carbons (Fsp3) is 0.408. The van der Waals surface area contributed by atoms with Crippen LogP contribution in [0.25, 0.3) is 143 Å². The smallest absolute Gasteiger partial charge is 0.273 e. The van der Waals surface area contributed by atoms with Gasteiger partial charge in [-0.05, 0) is 393 Å². The van der Waals surface area contributed by atoms with Crippen molar-refractivity contribution in [3.8, 4) is 33.8 Å². The molecular weight excluding hydrogens is 1870 g/mol. The van der Waals surface area contributed by atoms with E-state index < -0.39 is 0 Å². The lowest BCUT2D eigenvalue weighted by atomic mass is 9.85. The van der Waals surface area contributed by atoms with Crippen LogP contribution >= 0.6 is 0 Å². The number of carbonyl (C=O) groups is 2. The van der Waals surface area contributed by atoms with Gasteiger partial charge in [-0.3, -0.25) is 50.0 Å². The first-order chi connectivity index (χ1) is 73.5. The number of benzene rings is 5. The molecule has 0 saturated carbocycles. The molecule has 0 unspecified atom stereocenters. The molecule has 2 amide bonds. The summed E-state index contributed by atoms with van der Waals surface area (Å²) in [5, 5.41) is 63.8. The fourth-order valence-corrected chi connectivity index (χ4v) is 24.3. The SMILES string of the molecule is CCN(CC)CCCc1ccc(-c2nc3ccc4[nH]ncc4c3c3c2CCCC3)cn1.CN1CCN(CCCc2ccc(-c3nc4ccc5[nH]ncc5c4c4c3CCCC4)cn2)CC1.CN1CCN(c2nc3ccc4[nH]ncc4c3c3c2CCCC3)CC1.Cc1[nH]c(C(=O)Nc2nc3ccc4[nH]ncc4c3c3c2CCCC3)c(C)c1C(=O)NCCN(C)C.OCCCc1ccc(-c2nc3ccc4[nH]ncc4c3c3c2CCCC3)cn1. The Kier molecular flexibility index (Phi) is 30.3. The van der Waals surface area contributed by atoms with Gasteiger partial charge in [0.1, 0.15) is 17.3 Å². The molecule has 16 heterocycles. The second-order valence-electron chi connectivity index (χ2n) is 42.3. The van der Waals surface area contributed by atoms with Crippen LogP contribution in [0, 0.1) is 13.8 Å². The normalized spacial score (nSPS) is 15.4. The van der Waals surface area contributed by atoms with Crippen LogP contribution in [-0.4, -0.2) is 264 Å². The number of aryl methyl sites for hydroxylation is 9. The van der Waals surface area contributed by atoms with Gasteiger partial charge in [0.25, 0.3) is 11.8 Å². The van der Waals surface area contributed by atoms with Crippen LogP contribution in [0.3, 0.4) is 0 Å². The number of pyridine rings is 8. The van der Waals surface area contributed by atoms with Crippen molar-refractivity contribution in [1.82, 2.24) is 126 Å². The van der Waals surface area contributed by atoms with Crippen LogP contribution in [0.4, 0.5) is 11.6 Å². The van der Waals surface area contributed by atoms with Gasteiger partial charge in [0, 0.05) is 184 Å². The summed E-state index contributed by atoms with van der Waals surface area (Å²) >= 11 is 0. The van der Waals surface area contributed by atoms with E-state index in [1.807, 2.05) is 87.6 Å². The van der Waals surface area contributed by atoms with E-state index in [0.717, 1.165) is 266 Å². The molecule has 0 atom stereocenters. The summed E-state index contributed by atoms with van der Waals surface area (Å²) in [6.07, 6.45) is 44.4. The molecule has 150 heavy (non-hydrogen) atoms.